The number of hydrogen-bond acceptors (Lipinski definition) is 5. The van der Waals surface area contributed by atoms with Crippen LogP contribution in [-0.2, 0) is 4.79 Å². The Morgan fingerprint density at radius 1 is 1.21 bits per heavy atom. The number of anilines is 1. The van der Waals surface area contributed by atoms with Gasteiger partial charge in [0.1, 0.15) is 0 Å². The van der Waals surface area contributed by atoms with Crippen molar-refractivity contribution in [2.75, 3.05) is 11.6 Å². The number of nitriles is 1. The predicted octanol–water partition coefficient (Wildman–Crippen LogP) is 4.95. The quantitative estimate of drug-likeness (QED) is 0.672. The molecule has 1 aliphatic rings. The molecule has 0 bridgehead atoms. The van der Waals surface area contributed by atoms with Crippen LogP contribution >= 0.6 is 11.8 Å². The maximum atomic E-state index is 13.0. The van der Waals surface area contributed by atoms with Crippen LogP contribution in [0.15, 0.2) is 58.6 Å². The van der Waals surface area contributed by atoms with Crippen LogP contribution in [-0.4, -0.2) is 12.0 Å². The molecule has 0 heterocycles. The third-order valence-electron chi connectivity index (χ3n) is 4.67. The fourth-order valence-corrected chi connectivity index (χ4v) is 3.96. The van der Waals surface area contributed by atoms with E-state index in [1.807, 2.05) is 6.26 Å². The highest BCUT2D eigenvalue weighted by Crippen LogP contribution is 2.36. The van der Waals surface area contributed by atoms with Crippen molar-refractivity contribution in [2.45, 2.75) is 30.2 Å². The van der Waals surface area contributed by atoms with Crippen molar-refractivity contribution >= 4 is 23.2 Å². The molecule has 0 saturated heterocycles. The van der Waals surface area contributed by atoms with Gasteiger partial charge in [-0.1, -0.05) is 18.2 Å². The average molecular weight is 399 g/mol. The van der Waals surface area contributed by atoms with Crippen LogP contribution in [0.3, 0.4) is 0 Å². The fraction of sp³-hybridized carbons (Fsp3) is 0.238. The van der Waals surface area contributed by atoms with Crippen LogP contribution in [0.1, 0.15) is 42.0 Å². The summed E-state index contributed by atoms with van der Waals surface area (Å²) in [6, 6.07) is 12.6. The molecule has 0 amide bonds. The number of nitrogens with two attached hydrogens (primary N) is 1. The van der Waals surface area contributed by atoms with Crippen LogP contribution in [0, 0.1) is 11.3 Å². The van der Waals surface area contributed by atoms with E-state index in [4.69, 9.17) is 11.0 Å². The van der Waals surface area contributed by atoms with Gasteiger partial charge in [0.15, 0.2) is 5.78 Å². The van der Waals surface area contributed by atoms with Gasteiger partial charge >= 0.3 is 0 Å². The molecule has 3 rings (SSSR count). The Hall–Kier alpha value is -2.69. The lowest BCUT2D eigenvalue weighted by atomic mass is 9.96. The van der Waals surface area contributed by atoms with Gasteiger partial charge in [-0.2, -0.15) is 5.26 Å². The number of nitrogens with zero attached hydrogens (tertiary/aromatic N) is 1. The molecule has 0 aromatic heterocycles. The zero-order chi connectivity index (χ0) is 20.3. The topological polar surface area (TPSA) is 78.9 Å². The second-order valence-electron chi connectivity index (χ2n) is 6.41. The highest BCUT2D eigenvalue weighted by molar-refractivity contribution is 7.98. The Balaban J connectivity index is 1.97. The van der Waals surface area contributed by atoms with Gasteiger partial charge in [-0.15, -0.1) is 11.8 Å². The number of benzene rings is 2. The number of rotatable bonds is 6. The second kappa shape index (κ2) is 8.55. The zero-order valence-electron chi connectivity index (χ0n) is 15.2. The smallest absolute Gasteiger partial charge is 0.263 e. The van der Waals surface area contributed by atoms with Crippen LogP contribution in [0.25, 0.3) is 0 Å². The molecule has 0 spiro atoms. The summed E-state index contributed by atoms with van der Waals surface area (Å²) < 4.78 is 25.9. The van der Waals surface area contributed by atoms with Gasteiger partial charge in [0.05, 0.1) is 17.7 Å². The number of carbonyl (C=O) groups is 1. The highest BCUT2D eigenvalue weighted by Gasteiger charge is 2.30. The summed E-state index contributed by atoms with van der Waals surface area (Å²) in [5.41, 5.74) is 9.26. The van der Waals surface area contributed by atoms with Crippen molar-refractivity contribution < 1.29 is 13.6 Å². The van der Waals surface area contributed by atoms with Gasteiger partial charge in [0.2, 0.25) is 0 Å². The molecule has 144 valence electrons. The third-order valence-corrected chi connectivity index (χ3v) is 5.46. The maximum Gasteiger partial charge on any atom is 0.263 e. The lowest BCUT2D eigenvalue weighted by molar-refractivity contribution is -0.115. The predicted molar refractivity (Wildman–Crippen MR) is 106 cm³/mol. The number of hydrogen-bond donors (Lipinski definition) is 2. The second-order valence-corrected chi connectivity index (χ2v) is 7.26. The van der Waals surface area contributed by atoms with Crippen molar-refractivity contribution in [3.05, 3.63) is 70.4 Å². The first-order chi connectivity index (χ1) is 13.4. The van der Waals surface area contributed by atoms with E-state index in [9.17, 15) is 13.6 Å². The van der Waals surface area contributed by atoms with Gasteiger partial charge in [0, 0.05) is 33.8 Å². The van der Waals surface area contributed by atoms with Gasteiger partial charge < -0.3 is 11.1 Å². The van der Waals surface area contributed by atoms with Crippen molar-refractivity contribution in [1.29, 1.82) is 5.26 Å². The standard InChI is InChI=1S/C21H19F2N3OS/c1-28-18-9-12(11-24)5-6-15(18)20(25)19-16(7-8-17(19)27)26-14-4-2-3-13(10-14)21(22)23/h2-6,9-10,20-21,26H,7-8,25H2,1H3. The van der Waals surface area contributed by atoms with Gasteiger partial charge in [-0.05, 0) is 42.5 Å². The summed E-state index contributed by atoms with van der Waals surface area (Å²) in [5, 5.41) is 12.2. The summed E-state index contributed by atoms with van der Waals surface area (Å²) in [6.07, 6.45) is 0.119. The summed E-state index contributed by atoms with van der Waals surface area (Å²) in [5.74, 6) is -0.0589. The molecule has 2 aromatic carbocycles. The minimum atomic E-state index is -2.56. The van der Waals surface area contributed by atoms with E-state index in [1.54, 1.807) is 30.3 Å². The molecule has 2 aromatic rings. The molecule has 28 heavy (non-hydrogen) atoms. The van der Waals surface area contributed by atoms with E-state index in [-0.39, 0.29) is 11.3 Å². The zero-order valence-corrected chi connectivity index (χ0v) is 16.0. The fourth-order valence-electron chi connectivity index (χ4n) is 3.29. The third kappa shape index (κ3) is 4.08. The lowest BCUT2D eigenvalue weighted by Crippen LogP contribution is -2.20. The summed E-state index contributed by atoms with van der Waals surface area (Å²) >= 11 is 1.45. The lowest BCUT2D eigenvalue weighted by Gasteiger charge is -2.19. The first-order valence-corrected chi connectivity index (χ1v) is 9.92. The average Bonchev–Trinajstić information content (AvgIpc) is 3.07. The van der Waals surface area contributed by atoms with E-state index >= 15 is 0 Å². The maximum absolute atomic E-state index is 13.0. The molecule has 1 unspecified atom stereocenters. The molecule has 0 aliphatic heterocycles. The molecule has 1 atom stereocenters. The molecular formula is C21H19F2N3OS. The molecule has 1 aliphatic carbocycles. The normalized spacial score (nSPS) is 15.1. The first-order valence-electron chi connectivity index (χ1n) is 8.69. The minimum Gasteiger partial charge on any atom is -0.358 e. The Morgan fingerprint density at radius 2 is 2.00 bits per heavy atom. The molecule has 0 fully saturated rings. The molecule has 0 radical (unpaired) electrons. The van der Waals surface area contributed by atoms with E-state index in [0.29, 0.717) is 35.4 Å². The highest BCUT2D eigenvalue weighted by atomic mass is 32.2. The van der Waals surface area contributed by atoms with Crippen molar-refractivity contribution in [1.82, 2.24) is 0 Å². The summed E-state index contributed by atoms with van der Waals surface area (Å²) in [6.45, 7) is 0. The number of thioether (sulfide) groups is 1. The van der Waals surface area contributed by atoms with E-state index < -0.39 is 12.5 Å². The Kier molecular flexibility index (Phi) is 6.12. The van der Waals surface area contributed by atoms with Crippen LogP contribution in [0.5, 0.6) is 0 Å². The first kappa shape index (κ1) is 20.1. The van der Waals surface area contributed by atoms with Crippen molar-refractivity contribution in [3.63, 3.8) is 0 Å². The van der Waals surface area contributed by atoms with E-state index in [2.05, 4.69) is 11.4 Å². The van der Waals surface area contributed by atoms with Crippen molar-refractivity contribution in [2.24, 2.45) is 5.73 Å². The number of carbonyl (C=O) groups excluding carboxylic acids is 1. The number of alkyl halides is 2. The van der Waals surface area contributed by atoms with E-state index in [0.717, 1.165) is 10.5 Å². The summed E-state index contributed by atoms with van der Waals surface area (Å²) in [4.78, 5) is 13.4. The summed E-state index contributed by atoms with van der Waals surface area (Å²) in [7, 11) is 0. The van der Waals surface area contributed by atoms with Crippen LogP contribution in [0.2, 0.25) is 0 Å². The SMILES string of the molecule is CSc1cc(C#N)ccc1C(N)C1=C(Nc2cccc(C(F)F)c2)CCC1=O. The molecule has 0 saturated carbocycles. The van der Waals surface area contributed by atoms with Crippen LogP contribution in [0.4, 0.5) is 14.5 Å². The number of allylic oxidation sites excluding steroid dienone is 1. The Bertz CT molecular complexity index is 982. The van der Waals surface area contributed by atoms with Gasteiger partial charge in [-0.25, -0.2) is 8.78 Å². The molecule has 7 heteroatoms. The number of ketones is 1. The van der Waals surface area contributed by atoms with Gasteiger partial charge in [-0.3, -0.25) is 4.79 Å². The molecule has 3 N–H and O–H groups in total. The largest absolute Gasteiger partial charge is 0.358 e. The number of Topliss-reactive ketones (excluding diaryl/α,β-unsaturated/α-hetero) is 1. The van der Waals surface area contributed by atoms with Crippen molar-refractivity contribution in [3.8, 4) is 6.07 Å². The van der Waals surface area contributed by atoms with E-state index in [1.165, 1.54) is 23.9 Å². The van der Waals surface area contributed by atoms with Crippen LogP contribution < -0.4 is 11.1 Å². The number of halogens is 2. The van der Waals surface area contributed by atoms with Gasteiger partial charge in [0.25, 0.3) is 6.43 Å². The Labute approximate surface area is 166 Å². The number of nitrogens with one attached hydrogen (secondary N) is 1. The molecular weight excluding hydrogens is 380 g/mol. The minimum absolute atomic E-state index is 0.0589. The molecule has 4 nitrogen and oxygen atoms in total. The Morgan fingerprint density at radius 3 is 2.68 bits per heavy atom. The monoisotopic (exact) mass is 399 g/mol.